The molecule has 0 aliphatic heterocycles. The Kier molecular flexibility index (Phi) is 4.38. The van der Waals surface area contributed by atoms with Gasteiger partial charge in [-0.15, -0.1) is 0 Å². The van der Waals surface area contributed by atoms with Gasteiger partial charge in [0.2, 0.25) is 0 Å². The van der Waals surface area contributed by atoms with E-state index in [1.54, 1.807) is 12.1 Å². The van der Waals surface area contributed by atoms with Gasteiger partial charge in [-0.3, -0.25) is 0 Å². The number of halogens is 2. The van der Waals surface area contributed by atoms with E-state index in [0.29, 0.717) is 6.42 Å². The van der Waals surface area contributed by atoms with Crippen molar-refractivity contribution in [3.8, 4) is 0 Å². The van der Waals surface area contributed by atoms with Crippen molar-refractivity contribution in [2.45, 2.75) is 26.3 Å². The average Bonchev–Trinajstić information content (AvgIpc) is 2.36. The molecule has 100 valence electrons. The Bertz CT molecular complexity index is 595. The quantitative estimate of drug-likeness (QED) is 0.888. The molecule has 2 rings (SSSR count). The van der Waals surface area contributed by atoms with Gasteiger partial charge in [0.15, 0.2) is 0 Å². The van der Waals surface area contributed by atoms with Gasteiger partial charge in [0, 0.05) is 10.5 Å². The first-order valence-electron chi connectivity index (χ1n) is 6.24. The summed E-state index contributed by atoms with van der Waals surface area (Å²) in [6.07, 6.45) is 0.640. The largest absolute Gasteiger partial charge is 0.324 e. The molecule has 0 fully saturated rings. The molecule has 0 heterocycles. The predicted molar refractivity (Wildman–Crippen MR) is 80.6 cm³/mol. The van der Waals surface area contributed by atoms with Crippen LogP contribution in [0.2, 0.25) is 0 Å². The van der Waals surface area contributed by atoms with Crippen molar-refractivity contribution in [2.75, 3.05) is 0 Å². The first-order chi connectivity index (χ1) is 8.97. The zero-order valence-electron chi connectivity index (χ0n) is 11.1. The molecule has 1 atom stereocenters. The van der Waals surface area contributed by atoms with Gasteiger partial charge >= 0.3 is 0 Å². The van der Waals surface area contributed by atoms with Crippen molar-refractivity contribution in [3.05, 3.63) is 68.9 Å². The maximum atomic E-state index is 13.3. The summed E-state index contributed by atoms with van der Waals surface area (Å²) in [6, 6.07) is 10.8. The summed E-state index contributed by atoms with van der Waals surface area (Å²) < 4.78 is 14.3. The Morgan fingerprint density at radius 3 is 2.53 bits per heavy atom. The van der Waals surface area contributed by atoms with Gasteiger partial charge in [-0.1, -0.05) is 28.1 Å². The lowest BCUT2D eigenvalue weighted by molar-refractivity contribution is 0.620. The topological polar surface area (TPSA) is 26.0 Å². The van der Waals surface area contributed by atoms with E-state index in [-0.39, 0.29) is 11.9 Å². The van der Waals surface area contributed by atoms with Crippen molar-refractivity contribution in [1.29, 1.82) is 0 Å². The summed E-state index contributed by atoms with van der Waals surface area (Å²) in [5.41, 5.74) is 10.6. The normalized spacial score (nSPS) is 12.5. The highest BCUT2D eigenvalue weighted by molar-refractivity contribution is 9.10. The monoisotopic (exact) mass is 321 g/mol. The second-order valence-electron chi connectivity index (χ2n) is 4.88. The van der Waals surface area contributed by atoms with E-state index in [0.717, 1.165) is 26.7 Å². The fourth-order valence-electron chi connectivity index (χ4n) is 2.22. The molecule has 2 N–H and O–H groups in total. The molecule has 2 aromatic carbocycles. The summed E-state index contributed by atoms with van der Waals surface area (Å²) >= 11 is 3.46. The van der Waals surface area contributed by atoms with Crippen LogP contribution in [0.3, 0.4) is 0 Å². The maximum Gasteiger partial charge on any atom is 0.123 e. The zero-order chi connectivity index (χ0) is 14.0. The molecular formula is C16H17BrFN. The number of hydrogen-bond acceptors (Lipinski definition) is 1. The van der Waals surface area contributed by atoms with Gasteiger partial charge in [0.1, 0.15) is 5.82 Å². The van der Waals surface area contributed by atoms with Crippen LogP contribution in [0.15, 0.2) is 40.9 Å². The number of nitrogens with two attached hydrogens (primary N) is 1. The molecule has 0 spiro atoms. The maximum absolute atomic E-state index is 13.3. The highest BCUT2D eigenvalue weighted by Gasteiger charge is 2.12. The molecule has 0 saturated heterocycles. The van der Waals surface area contributed by atoms with Crippen LogP contribution >= 0.6 is 15.9 Å². The van der Waals surface area contributed by atoms with Crippen molar-refractivity contribution < 1.29 is 4.39 Å². The number of benzene rings is 2. The zero-order valence-corrected chi connectivity index (χ0v) is 12.7. The van der Waals surface area contributed by atoms with Gasteiger partial charge in [-0.2, -0.15) is 0 Å². The SMILES string of the molecule is Cc1ccc(F)cc1CC(N)c1cc(Br)ccc1C. The fourth-order valence-corrected chi connectivity index (χ4v) is 2.60. The van der Waals surface area contributed by atoms with Crippen molar-refractivity contribution in [1.82, 2.24) is 0 Å². The predicted octanol–water partition coefficient (Wildman–Crippen LogP) is 4.45. The third kappa shape index (κ3) is 3.43. The number of hydrogen-bond donors (Lipinski definition) is 1. The summed E-state index contributed by atoms with van der Waals surface area (Å²) in [5, 5.41) is 0. The second kappa shape index (κ2) is 5.85. The highest BCUT2D eigenvalue weighted by atomic mass is 79.9. The summed E-state index contributed by atoms with van der Waals surface area (Å²) in [5.74, 6) is -0.209. The van der Waals surface area contributed by atoms with E-state index in [9.17, 15) is 4.39 Å². The van der Waals surface area contributed by atoms with Gasteiger partial charge in [0.25, 0.3) is 0 Å². The lowest BCUT2D eigenvalue weighted by atomic mass is 9.94. The van der Waals surface area contributed by atoms with E-state index < -0.39 is 0 Å². The van der Waals surface area contributed by atoms with Gasteiger partial charge in [0.05, 0.1) is 0 Å². The smallest absolute Gasteiger partial charge is 0.123 e. The molecular weight excluding hydrogens is 305 g/mol. The summed E-state index contributed by atoms with van der Waals surface area (Å²) in [6.45, 7) is 4.02. The van der Waals surface area contributed by atoms with Crippen molar-refractivity contribution >= 4 is 15.9 Å². The van der Waals surface area contributed by atoms with Crippen molar-refractivity contribution in [3.63, 3.8) is 0 Å². The molecule has 2 aromatic rings. The first kappa shape index (κ1) is 14.2. The molecule has 0 amide bonds. The Morgan fingerprint density at radius 1 is 1.11 bits per heavy atom. The number of aryl methyl sites for hydroxylation is 2. The van der Waals surface area contributed by atoms with Crippen LogP contribution in [0.25, 0.3) is 0 Å². The molecule has 1 unspecified atom stereocenters. The number of rotatable bonds is 3. The first-order valence-corrected chi connectivity index (χ1v) is 7.03. The Balaban J connectivity index is 2.27. The third-order valence-corrected chi connectivity index (χ3v) is 3.89. The molecule has 0 saturated carbocycles. The van der Waals surface area contributed by atoms with Crippen molar-refractivity contribution in [2.24, 2.45) is 5.73 Å². The Hall–Kier alpha value is -1.19. The molecule has 0 radical (unpaired) electrons. The van der Waals surface area contributed by atoms with Crippen LogP contribution in [0.1, 0.15) is 28.3 Å². The minimum atomic E-state index is -0.209. The third-order valence-electron chi connectivity index (χ3n) is 3.39. The van der Waals surface area contributed by atoms with Crippen LogP contribution in [0, 0.1) is 19.7 Å². The highest BCUT2D eigenvalue weighted by Crippen LogP contribution is 2.24. The van der Waals surface area contributed by atoms with Crippen LogP contribution < -0.4 is 5.73 Å². The molecule has 0 aliphatic rings. The Morgan fingerprint density at radius 2 is 1.79 bits per heavy atom. The van der Waals surface area contributed by atoms with Gasteiger partial charge in [-0.05, 0) is 66.8 Å². The van der Waals surface area contributed by atoms with Crippen LogP contribution in [0.5, 0.6) is 0 Å². The van der Waals surface area contributed by atoms with Crippen LogP contribution in [-0.2, 0) is 6.42 Å². The fraction of sp³-hybridized carbons (Fsp3) is 0.250. The summed E-state index contributed by atoms with van der Waals surface area (Å²) in [7, 11) is 0. The molecule has 0 aromatic heterocycles. The lowest BCUT2D eigenvalue weighted by Gasteiger charge is -2.16. The van der Waals surface area contributed by atoms with E-state index in [2.05, 4.69) is 15.9 Å². The average molecular weight is 322 g/mol. The van der Waals surface area contributed by atoms with E-state index in [4.69, 9.17) is 5.73 Å². The molecule has 3 heteroatoms. The molecule has 1 nitrogen and oxygen atoms in total. The van der Waals surface area contributed by atoms with E-state index in [1.807, 2.05) is 32.0 Å². The van der Waals surface area contributed by atoms with Gasteiger partial charge < -0.3 is 5.73 Å². The van der Waals surface area contributed by atoms with Crippen LogP contribution in [0.4, 0.5) is 4.39 Å². The second-order valence-corrected chi connectivity index (χ2v) is 5.80. The Labute approximate surface area is 121 Å². The van der Waals surface area contributed by atoms with E-state index in [1.165, 1.54) is 6.07 Å². The molecule has 0 bridgehead atoms. The van der Waals surface area contributed by atoms with Crippen LogP contribution in [-0.4, -0.2) is 0 Å². The standard InChI is InChI=1S/C16H17BrFN/c1-10-4-6-14(18)7-12(10)8-16(19)15-9-13(17)5-3-11(15)2/h3-7,9,16H,8,19H2,1-2H3. The minimum absolute atomic E-state index is 0.127. The van der Waals surface area contributed by atoms with Gasteiger partial charge in [-0.25, -0.2) is 4.39 Å². The molecule has 0 aliphatic carbocycles. The minimum Gasteiger partial charge on any atom is -0.324 e. The van der Waals surface area contributed by atoms with E-state index >= 15 is 0 Å². The lowest BCUT2D eigenvalue weighted by Crippen LogP contribution is -2.15. The molecule has 19 heavy (non-hydrogen) atoms. The summed E-state index contributed by atoms with van der Waals surface area (Å²) in [4.78, 5) is 0.